The molecule has 0 unspecified atom stereocenters. The molecule has 0 amide bonds. The Morgan fingerprint density at radius 3 is 1.10 bits per heavy atom. The van der Waals surface area contributed by atoms with Crippen LogP contribution in [-0.2, 0) is 67.7 Å². The predicted octanol–water partition coefficient (Wildman–Crippen LogP) is -2.93. The molecule has 0 aromatic heterocycles. The zero-order chi connectivity index (χ0) is 7.71. The van der Waals surface area contributed by atoms with Gasteiger partial charge in [-0.25, -0.2) is 0 Å². The molecule has 0 aromatic carbocycles. The van der Waals surface area contributed by atoms with Crippen molar-refractivity contribution in [2.45, 2.75) is 0 Å². The molecule has 0 aliphatic carbocycles. The van der Waals surface area contributed by atoms with Gasteiger partial charge in [-0.05, 0) is 0 Å². The van der Waals surface area contributed by atoms with Crippen molar-refractivity contribution in [3.63, 3.8) is 0 Å². The van der Waals surface area contributed by atoms with Crippen LogP contribution < -0.4 is 8.32 Å². The summed E-state index contributed by atoms with van der Waals surface area (Å²) in [6.45, 7) is 0. The quantitative estimate of drug-likeness (QED) is 0.498. The molecule has 0 rings (SSSR count). The van der Waals surface area contributed by atoms with Crippen LogP contribution in [-0.4, -0.2) is 0 Å². The average Bonchev–Trinajstić information content (AvgIpc) is 1.14. The maximum absolute atomic E-state index is 9.38. The van der Waals surface area contributed by atoms with E-state index < -0.39 is 27.2 Å². The Balaban J connectivity index is 0. The molecule has 7 nitrogen and oxygen atoms in total. The standard InChI is InChI=1S/Ag.2Cr.7O/q+2;;;;;;;;2*-1. The second-order valence-corrected chi connectivity index (χ2v) is 4.52. The van der Waals surface area contributed by atoms with Gasteiger partial charge in [-0.15, -0.1) is 0 Å². The Morgan fingerprint density at radius 1 is 0.900 bits per heavy atom. The van der Waals surface area contributed by atoms with Crippen molar-refractivity contribution in [3.8, 4) is 0 Å². The van der Waals surface area contributed by atoms with E-state index in [2.05, 4.69) is 2.84 Å². The second kappa shape index (κ2) is 4.05. The van der Waals surface area contributed by atoms with Crippen molar-refractivity contribution in [1.29, 1.82) is 0 Å². The van der Waals surface area contributed by atoms with Crippen LogP contribution in [0.4, 0.5) is 0 Å². The first-order chi connectivity index (χ1) is 3.71. The molecule has 0 aromatic rings. The van der Waals surface area contributed by atoms with E-state index in [1.54, 1.807) is 0 Å². The van der Waals surface area contributed by atoms with Crippen LogP contribution >= 0.6 is 0 Å². The molecule has 0 aliphatic rings. The van der Waals surface area contributed by atoms with Crippen LogP contribution in [0.1, 0.15) is 0 Å². The van der Waals surface area contributed by atoms with Crippen molar-refractivity contribution >= 4 is 0 Å². The summed E-state index contributed by atoms with van der Waals surface area (Å²) < 4.78 is 58.9. The number of rotatable bonds is 2. The van der Waals surface area contributed by atoms with Crippen LogP contribution in [0.2, 0.25) is 0 Å². The Labute approximate surface area is 75.7 Å². The fourth-order valence-corrected chi connectivity index (χ4v) is 1.74. The van der Waals surface area contributed by atoms with E-state index in [1.807, 2.05) is 0 Å². The summed E-state index contributed by atoms with van der Waals surface area (Å²) in [4.78, 5) is 0. The third-order valence-corrected chi connectivity index (χ3v) is 2.83. The van der Waals surface area contributed by atoms with Crippen molar-refractivity contribution in [3.05, 3.63) is 0 Å². The van der Waals surface area contributed by atoms with Gasteiger partial charge in [-0.2, -0.15) is 0 Å². The summed E-state index contributed by atoms with van der Waals surface area (Å²) in [7, 11) is 0. The Bertz CT molecular complexity index is 237. The van der Waals surface area contributed by atoms with Crippen molar-refractivity contribution in [1.82, 2.24) is 0 Å². The average molecular weight is 324 g/mol. The van der Waals surface area contributed by atoms with E-state index in [0.717, 1.165) is 0 Å². The number of hydrogen-bond donors (Lipinski definition) is 0. The first kappa shape index (κ1) is 13.5. The summed E-state index contributed by atoms with van der Waals surface area (Å²) >= 11 is -12.1. The molecule has 0 atom stereocenters. The van der Waals surface area contributed by atoms with Gasteiger partial charge in [0.2, 0.25) is 0 Å². The van der Waals surface area contributed by atoms with Gasteiger partial charge in [0.05, 0.1) is 0 Å². The molecule has 0 saturated carbocycles. The second-order valence-electron chi connectivity index (χ2n) is 0.885. The zero-order valence-corrected chi connectivity index (χ0v) is 8.01. The van der Waals surface area contributed by atoms with Gasteiger partial charge in [0, 0.05) is 0 Å². The summed E-state index contributed by atoms with van der Waals surface area (Å²) in [5, 5.41) is 0. The first-order valence-corrected chi connectivity index (χ1v) is 5.50. The van der Waals surface area contributed by atoms with Gasteiger partial charge in [0.15, 0.2) is 0 Å². The molecule has 0 spiro atoms. The van der Waals surface area contributed by atoms with Gasteiger partial charge < -0.3 is 0 Å². The van der Waals surface area contributed by atoms with Gasteiger partial charge >= 0.3 is 76.0 Å². The Morgan fingerprint density at radius 2 is 1.10 bits per heavy atom. The SMILES string of the molecule is [Ag+2].[O]=[Cr](=[O])([O-])[O][Cr](=[O])(=[O])[O-]. The van der Waals surface area contributed by atoms with Gasteiger partial charge in [0.25, 0.3) is 0 Å². The van der Waals surface area contributed by atoms with Crippen LogP contribution in [0.15, 0.2) is 0 Å². The van der Waals surface area contributed by atoms with Crippen LogP contribution in [0.25, 0.3) is 0 Å². The van der Waals surface area contributed by atoms with Crippen LogP contribution in [0.5, 0.6) is 0 Å². The van der Waals surface area contributed by atoms with Crippen LogP contribution in [0, 0.1) is 0 Å². The maximum atomic E-state index is 9.38. The monoisotopic (exact) mass is 323 g/mol. The summed E-state index contributed by atoms with van der Waals surface area (Å²) in [5.41, 5.74) is 0. The zero-order valence-electron chi connectivity index (χ0n) is 3.98. The molecule has 65 valence electrons. The molecule has 0 saturated heterocycles. The molecule has 0 N–H and O–H groups in total. The van der Waals surface area contributed by atoms with Gasteiger partial charge in [-0.3, -0.25) is 0 Å². The molecule has 0 heterocycles. The fraction of sp³-hybridized carbons (Fsp3) is 0. The Kier molecular flexibility index (Phi) is 5.45. The minimum atomic E-state index is -6.07. The normalized spacial score (nSPS) is 12.2. The van der Waals surface area contributed by atoms with Crippen LogP contribution in [0.3, 0.4) is 0 Å². The number of hydrogen-bond acceptors (Lipinski definition) is 7. The molecule has 1 radical (unpaired) electrons. The minimum absolute atomic E-state index is 0. The summed E-state index contributed by atoms with van der Waals surface area (Å²) in [6, 6.07) is 0. The molecule has 0 bridgehead atoms. The molecule has 0 aliphatic heterocycles. The van der Waals surface area contributed by atoms with Gasteiger partial charge in [-0.1, -0.05) is 0 Å². The van der Waals surface area contributed by atoms with E-state index in [9.17, 15) is 23.5 Å². The molecule has 10 heteroatoms. The first-order valence-electron chi connectivity index (χ1n) is 1.33. The topological polar surface area (TPSA) is 124 Å². The predicted molar refractivity (Wildman–Crippen MR) is 3.83 cm³/mol. The van der Waals surface area contributed by atoms with Crippen molar-refractivity contribution in [2.24, 2.45) is 0 Å². The summed E-state index contributed by atoms with van der Waals surface area (Å²) in [6.07, 6.45) is 0. The molecular weight excluding hydrogens is 324 g/mol. The van der Waals surface area contributed by atoms with Crippen molar-refractivity contribution < 1.29 is 76.0 Å². The van der Waals surface area contributed by atoms with Gasteiger partial charge in [0.1, 0.15) is 0 Å². The van der Waals surface area contributed by atoms with E-state index in [1.165, 1.54) is 0 Å². The summed E-state index contributed by atoms with van der Waals surface area (Å²) in [5.74, 6) is 0. The van der Waals surface area contributed by atoms with E-state index in [4.69, 9.17) is 0 Å². The van der Waals surface area contributed by atoms with E-state index >= 15 is 0 Å². The molecule has 10 heavy (non-hydrogen) atoms. The fourth-order valence-electron chi connectivity index (χ4n) is 0.102. The third kappa shape index (κ3) is 11.7. The molecule has 0 fully saturated rings. The van der Waals surface area contributed by atoms with E-state index in [0.29, 0.717) is 0 Å². The van der Waals surface area contributed by atoms with Crippen molar-refractivity contribution in [2.75, 3.05) is 0 Å². The third-order valence-electron chi connectivity index (χ3n) is 0.167. The van der Waals surface area contributed by atoms with E-state index in [-0.39, 0.29) is 22.4 Å². The Hall–Kier alpha value is 0.885. The molecular formula is AgCr2O7.